The molecule has 0 aliphatic heterocycles. The molecule has 3 rings (SSSR count). The summed E-state index contributed by atoms with van der Waals surface area (Å²) >= 11 is 0. The Morgan fingerprint density at radius 2 is 1.96 bits per heavy atom. The van der Waals surface area contributed by atoms with E-state index < -0.39 is 10.0 Å². The Bertz CT molecular complexity index is 973. The van der Waals surface area contributed by atoms with E-state index >= 15 is 0 Å². The number of nitrogens with zero attached hydrogens (tertiary/aromatic N) is 2. The maximum Gasteiger partial charge on any atom is 0.273 e. The number of benzene rings is 1. The molecule has 0 saturated carbocycles. The third-order valence-corrected chi connectivity index (χ3v) is 5.01. The minimum Gasteiger partial charge on any atom is -0.448 e. The van der Waals surface area contributed by atoms with Gasteiger partial charge in [0.15, 0.2) is 5.82 Å². The van der Waals surface area contributed by atoms with Crippen LogP contribution in [0.1, 0.15) is 22.7 Å². The first-order valence-corrected chi connectivity index (χ1v) is 8.80. The molecule has 0 radical (unpaired) electrons. The number of furan rings is 1. The fourth-order valence-corrected chi connectivity index (χ4v) is 3.02. The number of hydrogen-bond acceptors (Lipinski definition) is 6. The van der Waals surface area contributed by atoms with Gasteiger partial charge in [-0.3, -0.25) is 0 Å². The predicted molar refractivity (Wildman–Crippen MR) is 87.0 cm³/mol. The lowest BCUT2D eigenvalue weighted by atomic mass is 10.1. The van der Waals surface area contributed by atoms with Crippen LogP contribution in [0.5, 0.6) is 0 Å². The van der Waals surface area contributed by atoms with E-state index in [0.29, 0.717) is 23.6 Å². The van der Waals surface area contributed by atoms with Crippen LogP contribution in [-0.4, -0.2) is 25.6 Å². The van der Waals surface area contributed by atoms with Crippen molar-refractivity contribution in [3.8, 4) is 11.5 Å². The van der Waals surface area contributed by atoms with Gasteiger partial charge in [-0.25, -0.2) is 13.1 Å². The first kappa shape index (κ1) is 16.4. The highest BCUT2D eigenvalue weighted by molar-refractivity contribution is 7.89. The topological polar surface area (TPSA) is 98.2 Å². The van der Waals surface area contributed by atoms with Crippen molar-refractivity contribution in [3.63, 3.8) is 0 Å². The Balaban J connectivity index is 1.90. The standard InChI is InChI=1S/C16H17N3O4S/c1-10-6-4-5-7-12(10)8-14-18-16(23-19-14)13-9-15(22-11(13)2)24(20,21)17-3/h4-7,9,17H,8H2,1-3H3. The van der Waals surface area contributed by atoms with Gasteiger partial charge in [-0.2, -0.15) is 4.98 Å². The van der Waals surface area contributed by atoms with Gasteiger partial charge in [0, 0.05) is 12.5 Å². The Morgan fingerprint density at radius 1 is 1.21 bits per heavy atom. The highest BCUT2D eigenvalue weighted by Crippen LogP contribution is 2.28. The van der Waals surface area contributed by atoms with Crippen LogP contribution in [-0.2, 0) is 16.4 Å². The van der Waals surface area contributed by atoms with Crippen LogP contribution in [0.4, 0.5) is 0 Å². The molecule has 0 bridgehead atoms. The van der Waals surface area contributed by atoms with Crippen molar-refractivity contribution in [1.82, 2.24) is 14.9 Å². The second kappa shape index (κ2) is 6.21. The third kappa shape index (κ3) is 3.10. The predicted octanol–water partition coefficient (Wildman–Crippen LogP) is 2.45. The molecular weight excluding hydrogens is 330 g/mol. The quantitative estimate of drug-likeness (QED) is 0.761. The molecule has 0 spiro atoms. The molecule has 126 valence electrons. The van der Waals surface area contributed by atoms with Crippen LogP contribution in [0, 0.1) is 13.8 Å². The van der Waals surface area contributed by atoms with Crippen molar-refractivity contribution in [2.75, 3.05) is 7.05 Å². The average Bonchev–Trinajstić information content (AvgIpc) is 3.16. The molecular formula is C16H17N3O4S. The average molecular weight is 347 g/mol. The summed E-state index contributed by atoms with van der Waals surface area (Å²) in [5, 5.41) is 3.78. The molecule has 0 atom stereocenters. The van der Waals surface area contributed by atoms with E-state index in [1.807, 2.05) is 31.2 Å². The van der Waals surface area contributed by atoms with E-state index in [0.717, 1.165) is 11.1 Å². The van der Waals surface area contributed by atoms with Crippen molar-refractivity contribution >= 4 is 10.0 Å². The fourth-order valence-electron chi connectivity index (χ4n) is 2.31. The highest BCUT2D eigenvalue weighted by Gasteiger charge is 2.22. The summed E-state index contributed by atoms with van der Waals surface area (Å²) in [5.74, 6) is 1.16. The number of hydrogen-bond donors (Lipinski definition) is 1. The molecule has 0 saturated heterocycles. The molecule has 1 aromatic carbocycles. The smallest absolute Gasteiger partial charge is 0.273 e. The second-order valence-corrected chi connectivity index (χ2v) is 7.18. The van der Waals surface area contributed by atoms with Crippen molar-refractivity contribution in [1.29, 1.82) is 0 Å². The minimum absolute atomic E-state index is 0.184. The summed E-state index contributed by atoms with van der Waals surface area (Å²) in [7, 11) is -2.34. The van der Waals surface area contributed by atoms with Gasteiger partial charge in [0.25, 0.3) is 15.9 Å². The van der Waals surface area contributed by atoms with Crippen LogP contribution in [0.2, 0.25) is 0 Å². The van der Waals surface area contributed by atoms with Gasteiger partial charge >= 0.3 is 0 Å². The molecule has 0 aliphatic rings. The molecule has 0 fully saturated rings. The number of rotatable bonds is 5. The summed E-state index contributed by atoms with van der Waals surface area (Å²) in [5.41, 5.74) is 2.71. The second-order valence-electron chi connectivity index (χ2n) is 5.36. The Labute approximate surface area is 139 Å². The summed E-state index contributed by atoms with van der Waals surface area (Å²) in [6.07, 6.45) is 0.536. The van der Waals surface area contributed by atoms with Crippen LogP contribution in [0.3, 0.4) is 0 Å². The molecule has 2 aromatic heterocycles. The summed E-state index contributed by atoms with van der Waals surface area (Å²) in [6, 6.07) is 9.33. The Kier molecular flexibility index (Phi) is 4.25. The number of nitrogens with one attached hydrogen (secondary N) is 1. The Morgan fingerprint density at radius 3 is 2.67 bits per heavy atom. The summed E-state index contributed by atoms with van der Waals surface area (Å²) in [6.45, 7) is 3.67. The van der Waals surface area contributed by atoms with E-state index in [2.05, 4.69) is 14.9 Å². The first-order valence-electron chi connectivity index (χ1n) is 7.32. The minimum atomic E-state index is -3.66. The third-order valence-electron chi connectivity index (χ3n) is 3.74. The van der Waals surface area contributed by atoms with Crippen molar-refractivity contribution in [2.24, 2.45) is 0 Å². The lowest BCUT2D eigenvalue weighted by Gasteiger charge is -2.00. The molecule has 24 heavy (non-hydrogen) atoms. The first-order chi connectivity index (χ1) is 11.4. The molecule has 2 heterocycles. The number of aromatic nitrogens is 2. The van der Waals surface area contributed by atoms with Crippen molar-refractivity contribution < 1.29 is 17.4 Å². The SMILES string of the molecule is CNS(=O)(=O)c1cc(-c2nc(Cc3ccccc3C)no2)c(C)o1. The summed E-state index contributed by atoms with van der Waals surface area (Å²) < 4.78 is 36.4. The van der Waals surface area contributed by atoms with Gasteiger partial charge in [0.05, 0.1) is 5.56 Å². The van der Waals surface area contributed by atoms with Crippen molar-refractivity contribution in [3.05, 3.63) is 53.0 Å². The molecule has 0 unspecified atom stereocenters. The van der Waals surface area contributed by atoms with Crippen LogP contribution in [0.15, 0.2) is 44.4 Å². The summed E-state index contributed by atoms with van der Waals surface area (Å²) in [4.78, 5) is 4.35. The van der Waals surface area contributed by atoms with E-state index in [4.69, 9.17) is 8.94 Å². The normalized spacial score (nSPS) is 11.8. The maximum absolute atomic E-state index is 11.8. The molecule has 0 aliphatic carbocycles. The lowest BCUT2D eigenvalue weighted by Crippen LogP contribution is -2.17. The fraction of sp³-hybridized carbons (Fsp3) is 0.250. The van der Waals surface area contributed by atoms with E-state index in [-0.39, 0.29) is 11.0 Å². The van der Waals surface area contributed by atoms with Crippen LogP contribution >= 0.6 is 0 Å². The highest BCUT2D eigenvalue weighted by atomic mass is 32.2. The van der Waals surface area contributed by atoms with Gasteiger partial charge < -0.3 is 8.94 Å². The molecule has 1 N–H and O–H groups in total. The number of aryl methyl sites for hydroxylation is 2. The largest absolute Gasteiger partial charge is 0.448 e. The van der Waals surface area contributed by atoms with Gasteiger partial charge in [-0.15, -0.1) is 0 Å². The van der Waals surface area contributed by atoms with Gasteiger partial charge in [0.2, 0.25) is 5.09 Å². The van der Waals surface area contributed by atoms with Crippen LogP contribution < -0.4 is 4.72 Å². The zero-order valence-corrected chi connectivity index (χ0v) is 14.3. The number of sulfonamides is 1. The van der Waals surface area contributed by atoms with Gasteiger partial charge in [0.1, 0.15) is 5.76 Å². The van der Waals surface area contributed by atoms with E-state index in [1.54, 1.807) is 6.92 Å². The molecule has 8 heteroatoms. The van der Waals surface area contributed by atoms with Gasteiger partial charge in [-0.05, 0) is 32.0 Å². The molecule has 3 aromatic rings. The zero-order chi connectivity index (χ0) is 17.3. The maximum atomic E-state index is 11.8. The van der Waals surface area contributed by atoms with Crippen LogP contribution in [0.25, 0.3) is 11.5 Å². The zero-order valence-electron chi connectivity index (χ0n) is 13.5. The molecule has 0 amide bonds. The van der Waals surface area contributed by atoms with E-state index in [1.165, 1.54) is 13.1 Å². The Hall–Kier alpha value is -2.45. The van der Waals surface area contributed by atoms with Gasteiger partial charge in [-0.1, -0.05) is 29.4 Å². The van der Waals surface area contributed by atoms with Crippen molar-refractivity contribution in [2.45, 2.75) is 25.4 Å². The molecule has 7 nitrogen and oxygen atoms in total. The van der Waals surface area contributed by atoms with E-state index in [9.17, 15) is 8.42 Å². The lowest BCUT2D eigenvalue weighted by molar-refractivity contribution is 0.416. The monoisotopic (exact) mass is 347 g/mol.